The van der Waals surface area contributed by atoms with E-state index in [1.54, 1.807) is 19.1 Å². The topological polar surface area (TPSA) is 87.6 Å². The van der Waals surface area contributed by atoms with Crippen LogP contribution in [0.1, 0.15) is 11.4 Å². The summed E-state index contributed by atoms with van der Waals surface area (Å²) in [4.78, 5) is 8.17. The molecule has 0 radical (unpaired) electrons. The second kappa shape index (κ2) is 4.49. The summed E-state index contributed by atoms with van der Waals surface area (Å²) in [6.45, 7) is 1.76. The molecule has 0 saturated carbocycles. The minimum atomic E-state index is 0.398. The van der Waals surface area contributed by atoms with Crippen LogP contribution in [0, 0.1) is 18.3 Å². The zero-order valence-electron chi connectivity index (χ0n) is 9.31. The highest BCUT2D eigenvalue weighted by molar-refractivity contribution is 5.65. The zero-order valence-corrected chi connectivity index (χ0v) is 9.31. The number of anilines is 3. The molecule has 84 valence electrons. The molecule has 1 aromatic heterocycles. The number of aromatic nitrogens is 2. The first-order valence-electron chi connectivity index (χ1n) is 5.06. The van der Waals surface area contributed by atoms with E-state index in [0.717, 1.165) is 0 Å². The first-order chi connectivity index (χ1) is 8.19. The van der Waals surface area contributed by atoms with Gasteiger partial charge in [-0.15, -0.1) is 0 Å². The number of nitrogens with one attached hydrogen (secondary N) is 1. The number of benzene rings is 1. The van der Waals surface area contributed by atoms with Crippen molar-refractivity contribution in [3.05, 3.63) is 41.7 Å². The molecule has 0 aliphatic rings. The molecule has 0 aliphatic heterocycles. The van der Waals surface area contributed by atoms with Crippen molar-refractivity contribution < 1.29 is 0 Å². The molecule has 0 amide bonds. The van der Waals surface area contributed by atoms with Gasteiger partial charge in [0.25, 0.3) is 0 Å². The molecule has 17 heavy (non-hydrogen) atoms. The number of para-hydroxylation sites is 1. The van der Waals surface area contributed by atoms with Crippen LogP contribution in [0.15, 0.2) is 30.3 Å². The van der Waals surface area contributed by atoms with Gasteiger partial charge >= 0.3 is 0 Å². The largest absolute Gasteiger partial charge is 0.384 e. The highest BCUT2D eigenvalue weighted by Crippen LogP contribution is 2.19. The molecule has 5 heteroatoms. The van der Waals surface area contributed by atoms with Gasteiger partial charge in [0.2, 0.25) is 0 Å². The summed E-state index contributed by atoms with van der Waals surface area (Å²) in [7, 11) is 0. The number of nitrogens with two attached hydrogens (primary N) is 1. The standard InChI is InChI=1S/C12H11N5/c1-8-15-11(14)6-12(16-8)17-10-5-3-2-4-9(10)7-13/h2-6H,1H3,(H3,14,15,16,17). The van der Waals surface area contributed by atoms with E-state index < -0.39 is 0 Å². The third kappa shape index (κ3) is 2.49. The molecule has 5 nitrogen and oxygen atoms in total. The maximum absolute atomic E-state index is 8.96. The Morgan fingerprint density at radius 2 is 2.06 bits per heavy atom. The molecule has 0 bridgehead atoms. The summed E-state index contributed by atoms with van der Waals surface area (Å²) in [6, 6.07) is 10.9. The molecular weight excluding hydrogens is 214 g/mol. The van der Waals surface area contributed by atoms with Crippen LogP contribution in [0.25, 0.3) is 0 Å². The Balaban J connectivity index is 2.35. The maximum atomic E-state index is 8.96. The van der Waals surface area contributed by atoms with Gasteiger partial charge in [-0.05, 0) is 19.1 Å². The Morgan fingerprint density at radius 3 is 2.76 bits per heavy atom. The Bertz CT molecular complexity index is 565. The van der Waals surface area contributed by atoms with Crippen LogP contribution in [-0.4, -0.2) is 9.97 Å². The molecule has 1 aromatic carbocycles. The Kier molecular flexibility index (Phi) is 2.88. The first kappa shape index (κ1) is 10.9. The van der Waals surface area contributed by atoms with Gasteiger partial charge in [-0.3, -0.25) is 0 Å². The lowest BCUT2D eigenvalue weighted by Crippen LogP contribution is -2.01. The van der Waals surface area contributed by atoms with Crippen molar-refractivity contribution in [3.63, 3.8) is 0 Å². The lowest BCUT2D eigenvalue weighted by molar-refractivity contribution is 1.06. The Labute approximate surface area is 98.9 Å². The SMILES string of the molecule is Cc1nc(N)cc(Nc2ccccc2C#N)n1. The van der Waals surface area contributed by atoms with Gasteiger partial charge in [-0.25, -0.2) is 9.97 Å². The summed E-state index contributed by atoms with van der Waals surface area (Å²) in [5.74, 6) is 1.56. The van der Waals surface area contributed by atoms with E-state index in [2.05, 4.69) is 21.4 Å². The summed E-state index contributed by atoms with van der Waals surface area (Å²) >= 11 is 0. The fourth-order valence-corrected chi connectivity index (χ4v) is 1.48. The quantitative estimate of drug-likeness (QED) is 0.815. The lowest BCUT2D eigenvalue weighted by atomic mass is 10.2. The van der Waals surface area contributed by atoms with Crippen molar-refractivity contribution in [2.24, 2.45) is 0 Å². The van der Waals surface area contributed by atoms with E-state index >= 15 is 0 Å². The number of hydrogen-bond acceptors (Lipinski definition) is 5. The fraction of sp³-hybridized carbons (Fsp3) is 0.0833. The smallest absolute Gasteiger partial charge is 0.136 e. The van der Waals surface area contributed by atoms with Gasteiger partial charge in [-0.1, -0.05) is 12.1 Å². The van der Waals surface area contributed by atoms with Crippen molar-refractivity contribution in [3.8, 4) is 6.07 Å². The van der Waals surface area contributed by atoms with Crippen LogP contribution in [0.5, 0.6) is 0 Å². The molecule has 0 saturated heterocycles. The average Bonchev–Trinajstić information content (AvgIpc) is 2.28. The van der Waals surface area contributed by atoms with Crippen LogP contribution in [-0.2, 0) is 0 Å². The van der Waals surface area contributed by atoms with E-state index in [-0.39, 0.29) is 0 Å². The summed E-state index contributed by atoms with van der Waals surface area (Å²) in [6.07, 6.45) is 0. The van der Waals surface area contributed by atoms with Gasteiger partial charge in [-0.2, -0.15) is 5.26 Å². The number of aryl methyl sites for hydroxylation is 1. The molecule has 0 spiro atoms. The molecule has 1 heterocycles. The molecule has 0 atom stereocenters. The monoisotopic (exact) mass is 225 g/mol. The zero-order chi connectivity index (χ0) is 12.3. The predicted octanol–water partition coefficient (Wildman–Crippen LogP) is 1.98. The number of rotatable bonds is 2. The third-order valence-corrected chi connectivity index (χ3v) is 2.17. The number of hydrogen-bond donors (Lipinski definition) is 2. The molecule has 0 fully saturated rings. The average molecular weight is 225 g/mol. The first-order valence-corrected chi connectivity index (χ1v) is 5.06. The van der Waals surface area contributed by atoms with Crippen LogP contribution in [0.2, 0.25) is 0 Å². The molecule has 3 N–H and O–H groups in total. The third-order valence-electron chi connectivity index (χ3n) is 2.17. The van der Waals surface area contributed by atoms with Crippen molar-refractivity contribution >= 4 is 17.3 Å². The molecule has 0 aliphatic carbocycles. The van der Waals surface area contributed by atoms with Gasteiger partial charge in [0.1, 0.15) is 23.5 Å². The Morgan fingerprint density at radius 1 is 1.29 bits per heavy atom. The summed E-state index contributed by atoms with van der Waals surface area (Å²) in [5, 5.41) is 12.0. The lowest BCUT2D eigenvalue weighted by Gasteiger charge is -2.08. The number of nitriles is 1. The van der Waals surface area contributed by atoms with Crippen molar-refractivity contribution in [2.45, 2.75) is 6.92 Å². The molecule has 2 rings (SSSR count). The number of nitrogens with zero attached hydrogens (tertiary/aromatic N) is 3. The van der Waals surface area contributed by atoms with Crippen molar-refractivity contribution in [2.75, 3.05) is 11.1 Å². The van der Waals surface area contributed by atoms with E-state index in [9.17, 15) is 0 Å². The van der Waals surface area contributed by atoms with Crippen molar-refractivity contribution in [1.82, 2.24) is 9.97 Å². The van der Waals surface area contributed by atoms with Crippen LogP contribution < -0.4 is 11.1 Å². The molecule has 0 unspecified atom stereocenters. The highest BCUT2D eigenvalue weighted by Gasteiger charge is 2.03. The summed E-state index contributed by atoms with van der Waals surface area (Å²) < 4.78 is 0. The van der Waals surface area contributed by atoms with E-state index in [1.165, 1.54) is 0 Å². The van der Waals surface area contributed by atoms with Gasteiger partial charge in [0.15, 0.2) is 0 Å². The minimum absolute atomic E-state index is 0.398. The number of nitrogen functional groups attached to an aromatic ring is 1. The normalized spacial score (nSPS) is 9.65. The fourth-order valence-electron chi connectivity index (χ4n) is 1.48. The van der Waals surface area contributed by atoms with Gasteiger partial charge in [0.05, 0.1) is 11.3 Å². The van der Waals surface area contributed by atoms with Gasteiger partial charge < -0.3 is 11.1 Å². The second-order valence-corrected chi connectivity index (χ2v) is 3.51. The molecular formula is C12H11N5. The second-order valence-electron chi connectivity index (χ2n) is 3.51. The summed E-state index contributed by atoms with van der Waals surface area (Å²) in [5.41, 5.74) is 6.89. The van der Waals surface area contributed by atoms with Crippen LogP contribution in [0.4, 0.5) is 17.3 Å². The molecule has 2 aromatic rings. The maximum Gasteiger partial charge on any atom is 0.136 e. The Hall–Kier alpha value is -2.61. The van der Waals surface area contributed by atoms with Crippen molar-refractivity contribution in [1.29, 1.82) is 5.26 Å². The highest BCUT2D eigenvalue weighted by atomic mass is 15.0. The minimum Gasteiger partial charge on any atom is -0.384 e. The predicted molar refractivity (Wildman–Crippen MR) is 65.6 cm³/mol. The van der Waals surface area contributed by atoms with E-state index in [1.807, 2.05) is 18.2 Å². The van der Waals surface area contributed by atoms with Crippen LogP contribution >= 0.6 is 0 Å². The van der Waals surface area contributed by atoms with Crippen LogP contribution in [0.3, 0.4) is 0 Å². The van der Waals surface area contributed by atoms with E-state index in [4.69, 9.17) is 11.0 Å². The van der Waals surface area contributed by atoms with E-state index in [0.29, 0.717) is 28.7 Å². The van der Waals surface area contributed by atoms with Gasteiger partial charge in [0, 0.05) is 6.07 Å².